The molecule has 30 heavy (non-hydrogen) atoms. The Morgan fingerprint density at radius 3 is 2.63 bits per heavy atom. The first-order valence-corrected chi connectivity index (χ1v) is 11.4. The summed E-state index contributed by atoms with van der Waals surface area (Å²) in [5, 5.41) is 0.778. The molecule has 0 radical (unpaired) electrons. The van der Waals surface area contributed by atoms with Crippen molar-refractivity contribution in [3.05, 3.63) is 68.9 Å². The normalized spacial score (nSPS) is 13.6. The molecule has 1 aliphatic carbocycles. The van der Waals surface area contributed by atoms with Gasteiger partial charge < -0.3 is 9.30 Å². The minimum atomic E-state index is -0.242. The number of esters is 1. The van der Waals surface area contributed by atoms with Crippen LogP contribution in [0.3, 0.4) is 0 Å². The van der Waals surface area contributed by atoms with E-state index in [0.29, 0.717) is 12.2 Å². The summed E-state index contributed by atoms with van der Waals surface area (Å²) in [5.41, 5.74) is 7.59. The minimum absolute atomic E-state index is 0.242. The predicted molar refractivity (Wildman–Crippen MR) is 124 cm³/mol. The summed E-state index contributed by atoms with van der Waals surface area (Å²) in [4.78, 5) is 18.7. The number of benzene rings is 1. The summed E-state index contributed by atoms with van der Waals surface area (Å²) < 4.78 is 7.59. The average molecular weight is 421 g/mol. The van der Waals surface area contributed by atoms with Crippen LogP contribution in [0.15, 0.2) is 35.3 Å². The van der Waals surface area contributed by atoms with Gasteiger partial charge in [-0.1, -0.05) is 17.7 Å². The number of aryl methyl sites for hydroxylation is 3. The van der Waals surface area contributed by atoms with Gasteiger partial charge in [-0.3, -0.25) is 0 Å². The van der Waals surface area contributed by atoms with Crippen molar-refractivity contribution >= 4 is 28.5 Å². The smallest absolute Gasteiger partial charge is 0.341 e. The van der Waals surface area contributed by atoms with E-state index in [1.807, 2.05) is 13.1 Å². The van der Waals surface area contributed by atoms with Crippen molar-refractivity contribution in [3.63, 3.8) is 0 Å². The lowest BCUT2D eigenvalue weighted by Gasteiger charge is -2.11. The van der Waals surface area contributed by atoms with Crippen molar-refractivity contribution in [2.45, 2.75) is 53.4 Å². The van der Waals surface area contributed by atoms with Gasteiger partial charge in [0.1, 0.15) is 5.00 Å². The fourth-order valence-corrected chi connectivity index (χ4v) is 5.41. The van der Waals surface area contributed by atoms with Gasteiger partial charge >= 0.3 is 5.97 Å². The predicted octanol–water partition coefficient (Wildman–Crippen LogP) is 6.27. The van der Waals surface area contributed by atoms with Crippen LogP contribution in [0.1, 0.15) is 63.1 Å². The van der Waals surface area contributed by atoms with Gasteiger partial charge in [0.2, 0.25) is 0 Å². The molecule has 0 spiro atoms. The third kappa shape index (κ3) is 3.86. The Morgan fingerprint density at radius 1 is 1.17 bits per heavy atom. The minimum Gasteiger partial charge on any atom is -0.462 e. The van der Waals surface area contributed by atoms with E-state index in [9.17, 15) is 4.79 Å². The van der Waals surface area contributed by atoms with Crippen LogP contribution in [-0.2, 0) is 17.6 Å². The number of hydrogen-bond donors (Lipinski definition) is 0. The Kier molecular flexibility index (Phi) is 5.91. The van der Waals surface area contributed by atoms with E-state index in [4.69, 9.17) is 9.73 Å². The van der Waals surface area contributed by atoms with E-state index in [0.717, 1.165) is 52.5 Å². The van der Waals surface area contributed by atoms with E-state index in [2.05, 4.69) is 55.7 Å². The van der Waals surface area contributed by atoms with Crippen molar-refractivity contribution in [3.8, 4) is 5.69 Å². The first-order chi connectivity index (χ1) is 14.5. The highest BCUT2D eigenvalue weighted by Crippen LogP contribution is 2.40. The van der Waals surface area contributed by atoms with Gasteiger partial charge in [-0.05, 0) is 77.1 Å². The van der Waals surface area contributed by atoms with Crippen LogP contribution in [0.2, 0.25) is 0 Å². The molecule has 4 rings (SSSR count). The fraction of sp³-hybridized carbons (Fsp3) is 0.360. The zero-order valence-electron chi connectivity index (χ0n) is 18.1. The maximum atomic E-state index is 12.7. The maximum absolute atomic E-state index is 12.7. The number of aromatic nitrogens is 1. The zero-order valence-corrected chi connectivity index (χ0v) is 18.9. The van der Waals surface area contributed by atoms with Crippen LogP contribution in [-0.4, -0.2) is 23.4 Å². The summed E-state index contributed by atoms with van der Waals surface area (Å²) in [6.45, 7) is 8.54. The number of nitrogens with zero attached hydrogens (tertiary/aromatic N) is 2. The third-order valence-corrected chi connectivity index (χ3v) is 6.92. The van der Waals surface area contributed by atoms with Crippen molar-refractivity contribution in [1.82, 2.24) is 4.57 Å². The number of fused-ring (bicyclic) bond motifs is 1. The van der Waals surface area contributed by atoms with E-state index in [1.165, 1.54) is 16.9 Å². The lowest BCUT2D eigenvalue weighted by molar-refractivity contribution is 0.0526. The van der Waals surface area contributed by atoms with Crippen molar-refractivity contribution in [2.75, 3.05) is 6.61 Å². The van der Waals surface area contributed by atoms with Crippen LogP contribution in [0.4, 0.5) is 5.00 Å². The maximum Gasteiger partial charge on any atom is 0.341 e. The second-order valence-corrected chi connectivity index (χ2v) is 8.95. The molecule has 4 nitrogen and oxygen atoms in total. The molecule has 0 atom stereocenters. The van der Waals surface area contributed by atoms with Gasteiger partial charge in [0.05, 0.1) is 12.2 Å². The second-order valence-electron chi connectivity index (χ2n) is 7.87. The highest BCUT2D eigenvalue weighted by Gasteiger charge is 2.26. The largest absolute Gasteiger partial charge is 0.462 e. The van der Waals surface area contributed by atoms with E-state index >= 15 is 0 Å². The molecule has 0 saturated heterocycles. The molecule has 0 saturated carbocycles. The number of carbonyl (C=O) groups is 1. The highest BCUT2D eigenvalue weighted by atomic mass is 32.1. The molecule has 1 aromatic carbocycles. The number of carbonyl (C=O) groups excluding carboxylic acids is 1. The molecule has 2 aromatic heterocycles. The molecule has 0 unspecified atom stereocenters. The number of rotatable bonds is 5. The highest BCUT2D eigenvalue weighted by molar-refractivity contribution is 7.16. The molecule has 0 fully saturated rings. The molecule has 0 amide bonds. The molecule has 0 N–H and O–H groups in total. The molecular weight excluding hydrogens is 392 g/mol. The molecule has 0 bridgehead atoms. The monoisotopic (exact) mass is 420 g/mol. The lowest BCUT2D eigenvalue weighted by Crippen LogP contribution is -2.09. The number of thiophene rings is 1. The first kappa shape index (κ1) is 20.6. The lowest BCUT2D eigenvalue weighted by atomic mass is 9.95. The van der Waals surface area contributed by atoms with Gasteiger partial charge in [-0.2, -0.15) is 0 Å². The topological polar surface area (TPSA) is 43.6 Å². The number of hydrogen-bond acceptors (Lipinski definition) is 4. The Labute approximate surface area is 182 Å². The van der Waals surface area contributed by atoms with Gasteiger partial charge in [-0.25, -0.2) is 9.79 Å². The summed E-state index contributed by atoms with van der Waals surface area (Å²) >= 11 is 1.64. The van der Waals surface area contributed by atoms with Crippen LogP contribution in [0.25, 0.3) is 5.69 Å². The molecule has 2 heterocycles. The van der Waals surface area contributed by atoms with Gasteiger partial charge in [0.15, 0.2) is 0 Å². The summed E-state index contributed by atoms with van der Waals surface area (Å²) in [5.74, 6) is -0.242. The number of ether oxygens (including phenoxy) is 1. The Balaban J connectivity index is 1.71. The van der Waals surface area contributed by atoms with Crippen molar-refractivity contribution in [2.24, 2.45) is 4.99 Å². The Hall–Kier alpha value is -2.66. The molecule has 0 aliphatic heterocycles. The Morgan fingerprint density at radius 2 is 1.90 bits per heavy atom. The van der Waals surface area contributed by atoms with E-state index < -0.39 is 0 Å². The van der Waals surface area contributed by atoms with Crippen molar-refractivity contribution in [1.29, 1.82) is 0 Å². The van der Waals surface area contributed by atoms with Crippen LogP contribution < -0.4 is 0 Å². The summed E-state index contributed by atoms with van der Waals surface area (Å²) in [7, 11) is 0. The van der Waals surface area contributed by atoms with E-state index in [-0.39, 0.29) is 5.97 Å². The number of aliphatic imine (C=N–C) groups is 1. The molecule has 3 aromatic rings. The van der Waals surface area contributed by atoms with Crippen molar-refractivity contribution < 1.29 is 9.53 Å². The standard InChI is InChI=1S/C25H28N2O2S/c1-5-29-25(28)23-21-8-6-7-9-22(21)30-24(23)26-15-19-14-17(3)27(18(19)4)20-12-10-16(2)11-13-20/h10-15H,5-9H2,1-4H3. The third-order valence-electron chi connectivity index (χ3n) is 5.72. The molecule has 1 aliphatic rings. The van der Waals surface area contributed by atoms with Crippen LogP contribution >= 0.6 is 11.3 Å². The first-order valence-electron chi connectivity index (χ1n) is 10.6. The molecule has 5 heteroatoms. The summed E-state index contributed by atoms with van der Waals surface area (Å²) in [6.07, 6.45) is 6.17. The van der Waals surface area contributed by atoms with Gasteiger partial charge in [0.25, 0.3) is 0 Å². The van der Waals surface area contributed by atoms with E-state index in [1.54, 1.807) is 11.3 Å². The van der Waals surface area contributed by atoms with Gasteiger partial charge in [0, 0.05) is 33.7 Å². The van der Waals surface area contributed by atoms with Gasteiger partial charge in [-0.15, -0.1) is 11.3 Å². The molecular formula is C25H28N2O2S. The second kappa shape index (κ2) is 8.60. The SMILES string of the molecule is CCOC(=O)c1c(N=Cc2cc(C)n(-c3ccc(C)cc3)c2C)sc2c1CCCC2. The molecule has 156 valence electrons. The summed E-state index contributed by atoms with van der Waals surface area (Å²) in [6, 6.07) is 10.7. The quantitative estimate of drug-likeness (QED) is 0.361. The van der Waals surface area contributed by atoms with Crippen LogP contribution in [0.5, 0.6) is 0 Å². The fourth-order valence-electron chi connectivity index (χ4n) is 4.19. The zero-order chi connectivity index (χ0) is 21.3. The van der Waals surface area contributed by atoms with Crippen LogP contribution in [0, 0.1) is 20.8 Å². The Bertz CT molecular complexity index is 1100. The average Bonchev–Trinajstić information content (AvgIpc) is 3.24.